The molecule has 1 unspecified atom stereocenters. The molecular weight excluding hydrogens is 285 g/mol. The third-order valence-electron chi connectivity index (χ3n) is 3.26. The number of halogens is 2. The van der Waals surface area contributed by atoms with E-state index in [0.717, 1.165) is 44.2 Å². The number of aliphatic imine (C=N–C) groups is 1. The summed E-state index contributed by atoms with van der Waals surface area (Å²) >= 11 is 12.6. The smallest absolute Gasteiger partial charge is 0.200 e. The fraction of sp³-hybridized carbons (Fsp3) is 0.462. The van der Waals surface area contributed by atoms with Gasteiger partial charge in [-0.25, -0.2) is 0 Å². The van der Waals surface area contributed by atoms with Crippen LogP contribution >= 0.6 is 23.2 Å². The molecule has 0 spiro atoms. The van der Waals surface area contributed by atoms with Crippen molar-refractivity contribution in [2.24, 2.45) is 4.99 Å². The number of hydrogen-bond acceptors (Lipinski definition) is 4. The van der Waals surface area contributed by atoms with Gasteiger partial charge in [0, 0.05) is 13.2 Å². The zero-order valence-electron chi connectivity index (χ0n) is 10.4. The second-order valence-electron chi connectivity index (χ2n) is 4.54. The van der Waals surface area contributed by atoms with E-state index in [1.54, 1.807) is 0 Å². The summed E-state index contributed by atoms with van der Waals surface area (Å²) in [4.78, 5) is 6.46. The summed E-state index contributed by atoms with van der Waals surface area (Å²) in [6, 6.07) is 5.51. The fourth-order valence-electron chi connectivity index (χ4n) is 2.42. The first-order valence-corrected chi connectivity index (χ1v) is 7.16. The molecule has 4 nitrogen and oxygen atoms in total. The molecule has 1 aromatic rings. The van der Waals surface area contributed by atoms with Gasteiger partial charge in [-0.1, -0.05) is 29.3 Å². The standard InChI is InChI=1S/C13H15Cl2N3O/c14-9-3-1-4-10(15)12(9)18(11-5-2-8-19-11)13-16-6-7-17-13/h1,3-4,11H,2,5-8H2,(H,16,17). The Bertz CT molecular complexity index is 480. The van der Waals surface area contributed by atoms with Gasteiger partial charge in [-0.2, -0.15) is 0 Å². The number of benzene rings is 1. The first-order chi connectivity index (χ1) is 9.27. The van der Waals surface area contributed by atoms with Crippen LogP contribution in [-0.2, 0) is 4.74 Å². The Morgan fingerprint density at radius 1 is 1.32 bits per heavy atom. The Hall–Kier alpha value is -0.970. The second kappa shape index (κ2) is 5.57. The molecule has 2 aliphatic rings. The first kappa shape index (κ1) is 13.0. The van der Waals surface area contributed by atoms with Gasteiger partial charge >= 0.3 is 0 Å². The largest absolute Gasteiger partial charge is 0.358 e. The normalized spacial score (nSPS) is 22.2. The second-order valence-corrected chi connectivity index (χ2v) is 5.35. The fourth-order valence-corrected chi connectivity index (χ4v) is 3.00. The minimum atomic E-state index is -0.0539. The molecular formula is C13H15Cl2N3O. The molecule has 1 aromatic carbocycles. The van der Waals surface area contributed by atoms with Crippen LogP contribution in [0.5, 0.6) is 0 Å². The van der Waals surface area contributed by atoms with E-state index in [1.807, 2.05) is 23.1 Å². The molecule has 19 heavy (non-hydrogen) atoms. The zero-order valence-corrected chi connectivity index (χ0v) is 11.9. The average Bonchev–Trinajstić information content (AvgIpc) is 3.07. The number of ether oxygens (including phenoxy) is 1. The Kier molecular flexibility index (Phi) is 3.82. The number of rotatable bonds is 2. The summed E-state index contributed by atoms with van der Waals surface area (Å²) in [5, 5.41) is 4.49. The molecule has 0 bridgehead atoms. The van der Waals surface area contributed by atoms with Crippen LogP contribution in [0.2, 0.25) is 10.0 Å². The van der Waals surface area contributed by atoms with Crippen LogP contribution in [0, 0.1) is 0 Å². The Labute approximate surface area is 122 Å². The molecule has 0 radical (unpaired) electrons. The van der Waals surface area contributed by atoms with E-state index in [4.69, 9.17) is 27.9 Å². The van der Waals surface area contributed by atoms with Crippen molar-refractivity contribution in [2.45, 2.75) is 19.1 Å². The molecule has 0 aliphatic carbocycles. The molecule has 6 heteroatoms. The van der Waals surface area contributed by atoms with Gasteiger partial charge in [-0.15, -0.1) is 0 Å². The van der Waals surface area contributed by atoms with Crippen molar-refractivity contribution in [3.63, 3.8) is 0 Å². The third kappa shape index (κ3) is 2.53. The number of nitrogens with one attached hydrogen (secondary N) is 1. The van der Waals surface area contributed by atoms with Crippen LogP contribution in [0.4, 0.5) is 5.69 Å². The molecule has 0 saturated carbocycles. The molecule has 1 atom stereocenters. The van der Waals surface area contributed by atoms with Gasteiger partial charge < -0.3 is 10.1 Å². The quantitative estimate of drug-likeness (QED) is 0.912. The van der Waals surface area contributed by atoms with Crippen molar-refractivity contribution in [2.75, 3.05) is 24.6 Å². The highest BCUT2D eigenvalue weighted by Crippen LogP contribution is 2.36. The lowest BCUT2D eigenvalue weighted by molar-refractivity contribution is 0.117. The predicted octanol–water partition coefficient (Wildman–Crippen LogP) is 2.90. The van der Waals surface area contributed by atoms with Gasteiger partial charge in [0.15, 0.2) is 0 Å². The minimum absolute atomic E-state index is 0.0539. The van der Waals surface area contributed by atoms with Gasteiger partial charge in [-0.05, 0) is 25.0 Å². The highest BCUT2D eigenvalue weighted by Gasteiger charge is 2.31. The molecule has 1 fully saturated rings. The monoisotopic (exact) mass is 299 g/mol. The van der Waals surface area contributed by atoms with Gasteiger partial charge in [0.05, 0.1) is 22.3 Å². The molecule has 0 aromatic heterocycles. The van der Waals surface area contributed by atoms with Crippen LogP contribution in [0.3, 0.4) is 0 Å². The van der Waals surface area contributed by atoms with Crippen LogP contribution in [-0.4, -0.2) is 31.9 Å². The zero-order chi connectivity index (χ0) is 13.2. The summed E-state index contributed by atoms with van der Waals surface area (Å²) in [7, 11) is 0. The SMILES string of the molecule is Clc1cccc(Cl)c1N(C1=NCCN1)C1CCCO1. The molecule has 3 rings (SSSR count). The lowest BCUT2D eigenvalue weighted by Gasteiger charge is -2.31. The first-order valence-electron chi connectivity index (χ1n) is 6.40. The Balaban J connectivity index is 2.02. The van der Waals surface area contributed by atoms with Crippen molar-refractivity contribution >= 4 is 34.8 Å². The van der Waals surface area contributed by atoms with E-state index in [0.29, 0.717) is 10.0 Å². The average molecular weight is 300 g/mol. The summed E-state index contributed by atoms with van der Waals surface area (Å²) in [6.45, 7) is 2.36. The maximum atomic E-state index is 6.32. The molecule has 0 amide bonds. The maximum absolute atomic E-state index is 6.32. The van der Waals surface area contributed by atoms with E-state index >= 15 is 0 Å². The molecule has 1 saturated heterocycles. The summed E-state index contributed by atoms with van der Waals surface area (Å²) in [5.41, 5.74) is 0.769. The molecule has 102 valence electrons. The van der Waals surface area contributed by atoms with Crippen LogP contribution in [0.1, 0.15) is 12.8 Å². The van der Waals surface area contributed by atoms with E-state index < -0.39 is 0 Å². The van der Waals surface area contributed by atoms with E-state index in [1.165, 1.54) is 0 Å². The summed E-state index contributed by atoms with van der Waals surface area (Å²) in [6.07, 6.45) is 1.93. The Morgan fingerprint density at radius 3 is 2.68 bits per heavy atom. The molecule has 2 aliphatic heterocycles. The van der Waals surface area contributed by atoms with Crippen molar-refractivity contribution in [1.29, 1.82) is 0 Å². The topological polar surface area (TPSA) is 36.9 Å². The Morgan fingerprint density at radius 2 is 2.11 bits per heavy atom. The van der Waals surface area contributed by atoms with Crippen LogP contribution < -0.4 is 10.2 Å². The lowest BCUT2D eigenvalue weighted by Crippen LogP contribution is -2.45. The number of nitrogens with zero attached hydrogens (tertiary/aromatic N) is 2. The number of para-hydroxylation sites is 1. The number of guanidine groups is 1. The summed E-state index contributed by atoms with van der Waals surface area (Å²) in [5.74, 6) is 0.793. The van der Waals surface area contributed by atoms with Gasteiger partial charge in [-0.3, -0.25) is 9.89 Å². The molecule has 1 N–H and O–H groups in total. The third-order valence-corrected chi connectivity index (χ3v) is 3.87. The van der Waals surface area contributed by atoms with Crippen molar-refractivity contribution in [3.8, 4) is 0 Å². The highest BCUT2D eigenvalue weighted by atomic mass is 35.5. The predicted molar refractivity (Wildman–Crippen MR) is 78.2 cm³/mol. The highest BCUT2D eigenvalue weighted by molar-refractivity contribution is 6.40. The van der Waals surface area contributed by atoms with E-state index in [-0.39, 0.29) is 6.23 Å². The lowest BCUT2D eigenvalue weighted by atomic mass is 10.2. The van der Waals surface area contributed by atoms with Crippen LogP contribution in [0.25, 0.3) is 0 Å². The van der Waals surface area contributed by atoms with Gasteiger partial charge in [0.1, 0.15) is 6.23 Å². The number of hydrogen-bond donors (Lipinski definition) is 1. The van der Waals surface area contributed by atoms with Gasteiger partial charge in [0.25, 0.3) is 0 Å². The van der Waals surface area contributed by atoms with Crippen LogP contribution in [0.15, 0.2) is 23.2 Å². The van der Waals surface area contributed by atoms with Crippen molar-refractivity contribution in [1.82, 2.24) is 5.32 Å². The van der Waals surface area contributed by atoms with E-state index in [2.05, 4.69) is 10.3 Å². The molecule has 2 heterocycles. The summed E-state index contributed by atoms with van der Waals surface area (Å²) < 4.78 is 5.78. The maximum Gasteiger partial charge on any atom is 0.200 e. The minimum Gasteiger partial charge on any atom is -0.358 e. The number of anilines is 1. The van der Waals surface area contributed by atoms with Gasteiger partial charge in [0.2, 0.25) is 5.96 Å². The van der Waals surface area contributed by atoms with Crippen molar-refractivity contribution < 1.29 is 4.74 Å². The van der Waals surface area contributed by atoms with Crippen molar-refractivity contribution in [3.05, 3.63) is 28.2 Å². The van der Waals surface area contributed by atoms with E-state index in [9.17, 15) is 0 Å².